The van der Waals surface area contributed by atoms with Crippen molar-refractivity contribution in [1.29, 1.82) is 0 Å². The van der Waals surface area contributed by atoms with Crippen molar-refractivity contribution in [2.45, 2.75) is 6.92 Å². The van der Waals surface area contributed by atoms with E-state index < -0.39 is 5.56 Å². The Kier molecular flexibility index (Phi) is 4.33. The average Bonchev–Trinajstić information content (AvgIpc) is 3.07. The summed E-state index contributed by atoms with van der Waals surface area (Å²) in [6, 6.07) is 11.7. The Morgan fingerprint density at radius 1 is 1.00 bits per heavy atom. The second-order valence-corrected chi connectivity index (χ2v) is 7.31. The Balaban J connectivity index is 1.93. The molecule has 0 bridgehead atoms. The highest BCUT2D eigenvalue weighted by molar-refractivity contribution is 6.27. The smallest absolute Gasteiger partial charge is 0.281 e. The summed E-state index contributed by atoms with van der Waals surface area (Å²) in [5.41, 5.74) is 4.32. The number of carbonyl (C=O) groups is 1. The number of fused-ring (bicyclic) bond motifs is 5. The van der Waals surface area contributed by atoms with Crippen molar-refractivity contribution in [1.82, 2.24) is 14.6 Å². The van der Waals surface area contributed by atoms with E-state index in [1.54, 1.807) is 43.3 Å². The number of aromatic amines is 1. The number of hydrogen-bond donors (Lipinski definition) is 2. The highest BCUT2D eigenvalue weighted by Gasteiger charge is 2.34. The lowest BCUT2D eigenvalue weighted by Crippen LogP contribution is -2.31. The minimum atomic E-state index is -0.483. The van der Waals surface area contributed by atoms with E-state index in [9.17, 15) is 14.4 Å². The van der Waals surface area contributed by atoms with Gasteiger partial charge in [-0.1, -0.05) is 24.3 Å². The fourth-order valence-electron chi connectivity index (χ4n) is 4.15. The Hall–Kier alpha value is -4.40. The van der Waals surface area contributed by atoms with Gasteiger partial charge in [-0.15, -0.1) is 0 Å². The van der Waals surface area contributed by atoms with Gasteiger partial charge in [0.05, 0.1) is 30.9 Å². The van der Waals surface area contributed by atoms with Gasteiger partial charge in [-0.2, -0.15) is 0 Å². The quantitative estimate of drug-likeness (QED) is 0.450. The van der Waals surface area contributed by atoms with E-state index in [1.165, 1.54) is 25.0 Å². The number of H-pyrrole nitrogens is 1. The second-order valence-electron chi connectivity index (χ2n) is 7.31. The standard InChI is InChI=1S/C23H18N4O5/c1-11-10-16(28)25-23(24-11)26-27-19-12-6-4-5-7-13(12)20(29)17(19)14-8-9-15(31-2)21(32-3)18(14)22(27)30/h4-10H,1-3H3,(H2,24,25,26,28). The number of nitrogens with zero attached hydrogens (tertiary/aromatic N) is 2. The summed E-state index contributed by atoms with van der Waals surface area (Å²) in [4.78, 5) is 45.9. The molecular formula is C23H18N4O5. The van der Waals surface area contributed by atoms with Crippen LogP contribution in [0.25, 0.3) is 22.0 Å². The first kappa shape index (κ1) is 19.6. The van der Waals surface area contributed by atoms with Gasteiger partial charge in [-0.3, -0.25) is 24.8 Å². The Morgan fingerprint density at radius 3 is 2.44 bits per heavy atom. The Labute approximate surface area is 181 Å². The molecule has 0 radical (unpaired) electrons. The van der Waals surface area contributed by atoms with Crippen LogP contribution in [0.2, 0.25) is 0 Å². The van der Waals surface area contributed by atoms with Crippen LogP contribution in [0.3, 0.4) is 0 Å². The zero-order valence-corrected chi connectivity index (χ0v) is 17.5. The SMILES string of the molecule is COc1ccc2c3c(n(Nc4nc(C)cc(=O)[nH]4)c(=O)c2c1OC)-c1ccccc1C3=O. The second kappa shape index (κ2) is 7.09. The lowest BCUT2D eigenvalue weighted by molar-refractivity contribution is 0.104. The molecule has 0 amide bonds. The summed E-state index contributed by atoms with van der Waals surface area (Å²) in [7, 11) is 2.90. The number of ether oxygens (including phenoxy) is 2. The molecule has 1 aliphatic carbocycles. The molecule has 9 nitrogen and oxygen atoms in total. The van der Waals surface area contributed by atoms with Gasteiger partial charge in [0.2, 0.25) is 5.95 Å². The largest absolute Gasteiger partial charge is 0.493 e. The van der Waals surface area contributed by atoms with Crippen LogP contribution >= 0.6 is 0 Å². The van der Waals surface area contributed by atoms with Crippen LogP contribution in [0, 0.1) is 6.92 Å². The summed E-state index contributed by atoms with van der Waals surface area (Å²) in [5, 5.41) is 0.627. The predicted octanol–water partition coefficient (Wildman–Crippen LogP) is 2.50. The molecule has 9 heteroatoms. The van der Waals surface area contributed by atoms with E-state index >= 15 is 0 Å². The number of hydrogen-bond acceptors (Lipinski definition) is 7. The van der Waals surface area contributed by atoms with Gasteiger partial charge in [0.1, 0.15) is 0 Å². The van der Waals surface area contributed by atoms with E-state index in [2.05, 4.69) is 15.4 Å². The van der Waals surface area contributed by atoms with E-state index in [-0.39, 0.29) is 28.4 Å². The number of ketones is 1. The molecule has 0 spiro atoms. The molecule has 1 aliphatic rings. The summed E-state index contributed by atoms with van der Waals surface area (Å²) in [6.07, 6.45) is 0. The van der Waals surface area contributed by atoms with Crippen molar-refractivity contribution < 1.29 is 14.3 Å². The lowest BCUT2D eigenvalue weighted by Gasteiger charge is -2.18. The van der Waals surface area contributed by atoms with Crippen molar-refractivity contribution in [2.75, 3.05) is 19.6 Å². The maximum absolute atomic E-state index is 13.8. The Morgan fingerprint density at radius 2 is 1.75 bits per heavy atom. The lowest BCUT2D eigenvalue weighted by atomic mass is 10.0. The normalized spacial score (nSPS) is 11.9. The van der Waals surface area contributed by atoms with Crippen molar-refractivity contribution in [3.8, 4) is 22.8 Å². The number of nitrogens with one attached hydrogen (secondary N) is 2. The highest BCUT2D eigenvalue weighted by Crippen LogP contribution is 2.42. The van der Waals surface area contributed by atoms with E-state index in [0.29, 0.717) is 39.2 Å². The molecule has 0 saturated carbocycles. The van der Waals surface area contributed by atoms with Crippen LogP contribution in [0.5, 0.6) is 11.5 Å². The van der Waals surface area contributed by atoms with Gasteiger partial charge in [0, 0.05) is 28.3 Å². The molecule has 0 unspecified atom stereocenters. The summed E-state index contributed by atoms with van der Waals surface area (Å²) in [6.45, 7) is 1.67. The maximum Gasteiger partial charge on any atom is 0.281 e. The first-order valence-corrected chi connectivity index (χ1v) is 9.77. The minimum Gasteiger partial charge on any atom is -0.493 e. The van der Waals surface area contributed by atoms with E-state index in [4.69, 9.17) is 9.47 Å². The third-order valence-corrected chi connectivity index (χ3v) is 5.43. The van der Waals surface area contributed by atoms with E-state index in [1.807, 2.05) is 0 Å². The predicted molar refractivity (Wildman–Crippen MR) is 119 cm³/mol. The first-order chi connectivity index (χ1) is 15.4. The van der Waals surface area contributed by atoms with Gasteiger partial charge < -0.3 is 9.47 Å². The molecule has 160 valence electrons. The van der Waals surface area contributed by atoms with Crippen LogP contribution in [0.1, 0.15) is 21.6 Å². The molecule has 2 aromatic carbocycles. The number of carbonyl (C=O) groups excluding carboxylic acids is 1. The van der Waals surface area contributed by atoms with Crippen molar-refractivity contribution in [3.05, 3.63) is 80.0 Å². The average molecular weight is 430 g/mol. The summed E-state index contributed by atoms with van der Waals surface area (Å²) >= 11 is 0. The number of aryl methyl sites for hydroxylation is 1. The van der Waals surface area contributed by atoms with Gasteiger partial charge in [0.25, 0.3) is 11.1 Å². The molecule has 5 rings (SSSR count). The molecule has 0 saturated heterocycles. The van der Waals surface area contributed by atoms with Crippen LogP contribution in [0.15, 0.2) is 52.1 Å². The molecule has 0 aliphatic heterocycles. The fourth-order valence-corrected chi connectivity index (χ4v) is 4.15. The van der Waals surface area contributed by atoms with Gasteiger partial charge >= 0.3 is 0 Å². The Bertz CT molecular complexity index is 1550. The number of anilines is 1. The molecule has 32 heavy (non-hydrogen) atoms. The molecule has 2 aromatic heterocycles. The molecule has 0 fully saturated rings. The number of benzene rings is 2. The highest BCUT2D eigenvalue weighted by atomic mass is 16.5. The minimum absolute atomic E-state index is 0.0670. The molecule has 2 N–H and O–H groups in total. The fraction of sp³-hybridized carbons (Fsp3) is 0.130. The monoisotopic (exact) mass is 430 g/mol. The topological polar surface area (TPSA) is 115 Å². The van der Waals surface area contributed by atoms with Crippen LogP contribution in [-0.4, -0.2) is 34.6 Å². The third kappa shape index (κ3) is 2.71. The zero-order valence-electron chi connectivity index (χ0n) is 17.5. The molecular weight excluding hydrogens is 412 g/mol. The van der Waals surface area contributed by atoms with Crippen LogP contribution in [0.4, 0.5) is 5.95 Å². The van der Waals surface area contributed by atoms with Crippen LogP contribution < -0.4 is 26.0 Å². The number of aromatic nitrogens is 3. The van der Waals surface area contributed by atoms with Gasteiger partial charge in [0.15, 0.2) is 17.3 Å². The molecule has 0 atom stereocenters. The van der Waals surface area contributed by atoms with Gasteiger partial charge in [-0.05, 0) is 19.1 Å². The molecule has 2 heterocycles. The van der Waals surface area contributed by atoms with Crippen LogP contribution in [-0.2, 0) is 0 Å². The first-order valence-electron chi connectivity index (χ1n) is 9.77. The van der Waals surface area contributed by atoms with Gasteiger partial charge in [-0.25, -0.2) is 9.66 Å². The zero-order chi connectivity index (χ0) is 22.6. The summed E-state index contributed by atoms with van der Waals surface area (Å²) in [5.74, 6) is 0.419. The summed E-state index contributed by atoms with van der Waals surface area (Å²) < 4.78 is 12.1. The third-order valence-electron chi connectivity index (χ3n) is 5.43. The number of pyridine rings is 1. The van der Waals surface area contributed by atoms with Crippen molar-refractivity contribution in [3.63, 3.8) is 0 Å². The molecule has 4 aromatic rings. The number of methoxy groups -OCH3 is 2. The number of rotatable bonds is 4. The van der Waals surface area contributed by atoms with Crippen molar-refractivity contribution >= 4 is 22.5 Å². The van der Waals surface area contributed by atoms with Crippen molar-refractivity contribution in [2.24, 2.45) is 0 Å². The van der Waals surface area contributed by atoms with E-state index in [0.717, 1.165) is 0 Å². The maximum atomic E-state index is 13.8.